The summed E-state index contributed by atoms with van der Waals surface area (Å²) in [5.74, 6) is 0.0627. The molecule has 25 heavy (non-hydrogen) atoms. The molecule has 2 N–H and O–H groups in total. The van der Waals surface area contributed by atoms with E-state index in [4.69, 9.17) is 4.74 Å². The fourth-order valence-corrected chi connectivity index (χ4v) is 2.14. The molecule has 1 amide bonds. The normalized spacial score (nSPS) is 10.2. The van der Waals surface area contributed by atoms with Gasteiger partial charge in [0.25, 0.3) is 5.91 Å². The van der Waals surface area contributed by atoms with E-state index in [0.29, 0.717) is 11.4 Å². The Morgan fingerprint density at radius 1 is 1.08 bits per heavy atom. The van der Waals surface area contributed by atoms with Gasteiger partial charge in [-0.25, -0.2) is 14.4 Å². The number of anilines is 3. The number of ether oxygens (including phenoxy) is 1. The minimum absolute atomic E-state index is 0.157. The van der Waals surface area contributed by atoms with Gasteiger partial charge in [-0.1, -0.05) is 12.1 Å². The third-order valence-electron chi connectivity index (χ3n) is 3.30. The zero-order valence-electron chi connectivity index (χ0n) is 13.4. The summed E-state index contributed by atoms with van der Waals surface area (Å²) >= 11 is 0. The van der Waals surface area contributed by atoms with Crippen molar-refractivity contribution in [2.75, 3.05) is 17.7 Å². The van der Waals surface area contributed by atoms with Crippen molar-refractivity contribution in [2.24, 2.45) is 0 Å². The summed E-state index contributed by atoms with van der Waals surface area (Å²) in [5.41, 5.74) is 1.23. The van der Waals surface area contributed by atoms with Gasteiger partial charge in [0, 0.05) is 23.6 Å². The lowest BCUT2D eigenvalue weighted by molar-refractivity contribution is 0.102. The first-order valence-electron chi connectivity index (χ1n) is 7.45. The first-order valence-corrected chi connectivity index (χ1v) is 7.45. The molecule has 3 aromatic rings. The molecule has 0 aliphatic carbocycles. The van der Waals surface area contributed by atoms with Crippen molar-refractivity contribution in [1.82, 2.24) is 9.97 Å². The number of carbonyl (C=O) groups excluding carboxylic acids is 1. The number of nitrogens with zero attached hydrogens (tertiary/aromatic N) is 2. The Morgan fingerprint density at radius 2 is 1.88 bits per heavy atom. The Bertz CT molecular complexity index is 902. The van der Waals surface area contributed by atoms with Crippen LogP contribution >= 0.6 is 0 Å². The first-order chi connectivity index (χ1) is 12.1. The number of carbonyl (C=O) groups is 1. The zero-order chi connectivity index (χ0) is 17.6. The molecule has 1 heterocycles. The molecule has 0 fully saturated rings. The average Bonchev–Trinajstić information content (AvgIpc) is 2.62. The number of hydrogen-bond acceptors (Lipinski definition) is 5. The van der Waals surface area contributed by atoms with Crippen LogP contribution in [0.3, 0.4) is 0 Å². The van der Waals surface area contributed by atoms with Crippen molar-refractivity contribution < 1.29 is 13.9 Å². The van der Waals surface area contributed by atoms with Crippen molar-refractivity contribution in [3.63, 3.8) is 0 Å². The van der Waals surface area contributed by atoms with E-state index in [0.717, 1.165) is 5.69 Å². The highest BCUT2D eigenvalue weighted by molar-refractivity contribution is 6.02. The minimum atomic E-state index is -0.457. The summed E-state index contributed by atoms with van der Waals surface area (Å²) in [6, 6.07) is 14.4. The van der Waals surface area contributed by atoms with Gasteiger partial charge in [-0.3, -0.25) is 4.79 Å². The molecule has 6 nitrogen and oxygen atoms in total. The van der Waals surface area contributed by atoms with E-state index in [-0.39, 0.29) is 11.6 Å². The fraction of sp³-hybridized carbons (Fsp3) is 0.0556. The molecule has 126 valence electrons. The number of amides is 1. The Labute approximate surface area is 143 Å². The van der Waals surface area contributed by atoms with Gasteiger partial charge >= 0.3 is 0 Å². The van der Waals surface area contributed by atoms with Crippen LogP contribution in [0.2, 0.25) is 0 Å². The molecular weight excluding hydrogens is 323 g/mol. The van der Waals surface area contributed by atoms with Crippen LogP contribution in [0.1, 0.15) is 10.5 Å². The predicted molar refractivity (Wildman–Crippen MR) is 92.7 cm³/mol. The molecule has 0 unspecified atom stereocenters. The van der Waals surface area contributed by atoms with Crippen molar-refractivity contribution in [3.8, 4) is 5.75 Å². The van der Waals surface area contributed by atoms with Crippen LogP contribution in [0, 0.1) is 5.82 Å². The summed E-state index contributed by atoms with van der Waals surface area (Å²) in [4.78, 5) is 20.5. The summed E-state index contributed by atoms with van der Waals surface area (Å²) in [7, 11) is 1.58. The Balaban J connectivity index is 1.75. The quantitative estimate of drug-likeness (QED) is 0.743. The van der Waals surface area contributed by atoms with E-state index < -0.39 is 11.7 Å². The van der Waals surface area contributed by atoms with Crippen LogP contribution in [0.15, 0.2) is 60.8 Å². The third kappa shape index (κ3) is 4.29. The highest BCUT2D eigenvalue weighted by Crippen LogP contribution is 2.19. The highest BCUT2D eigenvalue weighted by atomic mass is 19.1. The third-order valence-corrected chi connectivity index (χ3v) is 3.30. The maximum absolute atomic E-state index is 13.2. The number of benzene rings is 2. The molecule has 0 spiro atoms. The van der Waals surface area contributed by atoms with Crippen LogP contribution in [0.5, 0.6) is 5.75 Å². The molecule has 0 radical (unpaired) electrons. The molecule has 0 atom stereocenters. The van der Waals surface area contributed by atoms with Crippen LogP contribution in [-0.2, 0) is 0 Å². The van der Waals surface area contributed by atoms with Gasteiger partial charge in [0.15, 0.2) is 0 Å². The average molecular weight is 338 g/mol. The molecule has 0 saturated carbocycles. The molecule has 0 aliphatic rings. The summed E-state index contributed by atoms with van der Waals surface area (Å²) in [5, 5.41) is 5.60. The summed E-state index contributed by atoms with van der Waals surface area (Å²) < 4.78 is 18.3. The number of nitrogens with one attached hydrogen (secondary N) is 2. The monoisotopic (exact) mass is 338 g/mol. The smallest absolute Gasteiger partial charge is 0.274 e. The number of aromatic nitrogens is 2. The number of halogens is 1. The molecular formula is C18H15FN4O2. The van der Waals surface area contributed by atoms with Gasteiger partial charge in [0.1, 0.15) is 17.3 Å². The van der Waals surface area contributed by atoms with Crippen molar-refractivity contribution in [1.29, 1.82) is 0 Å². The van der Waals surface area contributed by atoms with Crippen molar-refractivity contribution in [3.05, 3.63) is 72.3 Å². The van der Waals surface area contributed by atoms with E-state index >= 15 is 0 Å². The Hall–Kier alpha value is -3.48. The Morgan fingerprint density at radius 3 is 2.68 bits per heavy atom. The van der Waals surface area contributed by atoms with Crippen LogP contribution in [0.4, 0.5) is 21.7 Å². The summed E-state index contributed by atoms with van der Waals surface area (Å²) in [6.45, 7) is 0. The molecule has 0 saturated heterocycles. The number of rotatable bonds is 5. The molecule has 2 aromatic carbocycles. The first kappa shape index (κ1) is 16.4. The fourth-order valence-electron chi connectivity index (χ4n) is 2.14. The lowest BCUT2D eigenvalue weighted by atomic mass is 10.3. The topological polar surface area (TPSA) is 76.1 Å². The molecule has 7 heteroatoms. The largest absolute Gasteiger partial charge is 0.497 e. The zero-order valence-corrected chi connectivity index (χ0v) is 13.4. The van der Waals surface area contributed by atoms with E-state index in [2.05, 4.69) is 20.6 Å². The van der Waals surface area contributed by atoms with Gasteiger partial charge in [0.05, 0.1) is 7.11 Å². The lowest BCUT2D eigenvalue weighted by Gasteiger charge is -2.08. The second kappa shape index (κ2) is 7.39. The van der Waals surface area contributed by atoms with Crippen molar-refractivity contribution >= 4 is 23.2 Å². The lowest BCUT2D eigenvalue weighted by Crippen LogP contribution is -2.14. The van der Waals surface area contributed by atoms with Gasteiger partial charge in [-0.15, -0.1) is 0 Å². The number of methoxy groups -OCH3 is 1. The number of hydrogen-bond donors (Lipinski definition) is 2. The van der Waals surface area contributed by atoms with Gasteiger partial charge < -0.3 is 15.4 Å². The molecule has 0 aliphatic heterocycles. The van der Waals surface area contributed by atoms with Gasteiger partial charge in [-0.2, -0.15) is 0 Å². The summed E-state index contributed by atoms with van der Waals surface area (Å²) in [6.07, 6.45) is 1.47. The van der Waals surface area contributed by atoms with Gasteiger partial charge in [0.2, 0.25) is 5.95 Å². The van der Waals surface area contributed by atoms with E-state index in [1.165, 1.54) is 30.5 Å². The van der Waals surface area contributed by atoms with Crippen LogP contribution in [0.25, 0.3) is 0 Å². The molecule has 1 aromatic heterocycles. The predicted octanol–water partition coefficient (Wildman–Crippen LogP) is 3.62. The maximum Gasteiger partial charge on any atom is 0.274 e. The second-order valence-corrected chi connectivity index (χ2v) is 5.09. The van der Waals surface area contributed by atoms with Gasteiger partial charge in [-0.05, 0) is 36.4 Å². The van der Waals surface area contributed by atoms with Crippen LogP contribution < -0.4 is 15.4 Å². The molecule has 0 bridgehead atoms. The van der Waals surface area contributed by atoms with E-state index in [9.17, 15) is 9.18 Å². The Kier molecular flexibility index (Phi) is 4.84. The maximum atomic E-state index is 13.2. The SMILES string of the molecule is COc1cccc(Nc2nccc(C(=O)Nc3cccc(F)c3)n2)c1. The van der Waals surface area contributed by atoms with E-state index in [1.54, 1.807) is 19.2 Å². The second-order valence-electron chi connectivity index (χ2n) is 5.09. The standard InChI is InChI=1S/C18H15FN4O2/c1-25-15-7-3-6-14(11-15)22-18-20-9-8-16(23-18)17(24)21-13-5-2-4-12(19)10-13/h2-11H,1H3,(H,21,24)(H,20,22,23). The van der Waals surface area contributed by atoms with E-state index in [1.807, 2.05) is 18.2 Å². The highest BCUT2D eigenvalue weighted by Gasteiger charge is 2.10. The van der Waals surface area contributed by atoms with Crippen molar-refractivity contribution in [2.45, 2.75) is 0 Å². The molecule has 3 rings (SSSR count). The van der Waals surface area contributed by atoms with Crippen LogP contribution in [-0.4, -0.2) is 23.0 Å². The minimum Gasteiger partial charge on any atom is -0.497 e.